The summed E-state index contributed by atoms with van der Waals surface area (Å²) in [7, 11) is 0. The summed E-state index contributed by atoms with van der Waals surface area (Å²) in [5, 5.41) is 8.77. The number of nitrogens with two attached hydrogens (primary N) is 2. The Morgan fingerprint density at radius 2 is 2.00 bits per heavy atom. The second-order valence-electron chi connectivity index (χ2n) is 4.40. The van der Waals surface area contributed by atoms with Crippen molar-refractivity contribution in [2.45, 2.75) is 19.9 Å². The Hall–Kier alpha value is -2.24. The minimum atomic E-state index is 0.243. The number of hydrogen-bond acceptors (Lipinski definition) is 4. The van der Waals surface area contributed by atoms with E-state index in [1.54, 1.807) is 12.3 Å². The van der Waals surface area contributed by atoms with E-state index < -0.39 is 0 Å². The van der Waals surface area contributed by atoms with E-state index in [0.717, 1.165) is 22.1 Å². The van der Waals surface area contributed by atoms with Gasteiger partial charge < -0.3 is 16.0 Å². The number of aromatic nitrogens is 4. The van der Waals surface area contributed by atoms with Crippen molar-refractivity contribution >= 4 is 33.6 Å². The highest BCUT2D eigenvalue weighted by Gasteiger charge is 2.19. The Balaban J connectivity index is 2.64. The van der Waals surface area contributed by atoms with E-state index in [4.69, 9.17) is 11.5 Å². The van der Waals surface area contributed by atoms with E-state index in [1.807, 2.05) is 4.57 Å². The summed E-state index contributed by atoms with van der Waals surface area (Å²) in [6.07, 6.45) is 1.70. The average Bonchev–Trinajstić information content (AvgIpc) is 2.77. The zero-order chi connectivity index (χ0) is 12.2. The largest absolute Gasteiger partial charge is 0.398 e. The zero-order valence-electron chi connectivity index (χ0n) is 9.73. The highest BCUT2D eigenvalue weighted by molar-refractivity contribution is 6.15. The van der Waals surface area contributed by atoms with E-state index in [9.17, 15) is 0 Å². The molecule has 0 spiro atoms. The number of fused-ring (bicyclic) bond motifs is 3. The van der Waals surface area contributed by atoms with Crippen molar-refractivity contribution in [2.24, 2.45) is 0 Å². The van der Waals surface area contributed by atoms with Gasteiger partial charge in [0.2, 0.25) is 0 Å². The number of rotatable bonds is 1. The highest BCUT2D eigenvalue weighted by atomic mass is 15.2. The van der Waals surface area contributed by atoms with Crippen molar-refractivity contribution in [1.29, 1.82) is 0 Å². The molecule has 0 aromatic carbocycles. The monoisotopic (exact) mass is 230 g/mol. The number of nitrogens with one attached hydrogen (secondary N) is 1. The number of nitrogen functional groups attached to an aromatic ring is 2. The zero-order valence-corrected chi connectivity index (χ0v) is 9.73. The Bertz CT molecular complexity index is 705. The number of pyridine rings is 1. The lowest BCUT2D eigenvalue weighted by Crippen LogP contribution is -2.02. The highest BCUT2D eigenvalue weighted by Crippen LogP contribution is 2.35. The molecule has 3 rings (SSSR count). The first-order chi connectivity index (χ1) is 8.11. The molecule has 17 heavy (non-hydrogen) atoms. The average molecular weight is 230 g/mol. The van der Waals surface area contributed by atoms with Gasteiger partial charge in [-0.3, -0.25) is 5.10 Å². The normalized spacial score (nSPS) is 11.9. The molecule has 0 amide bonds. The fourth-order valence-corrected chi connectivity index (χ4v) is 2.26. The van der Waals surface area contributed by atoms with Gasteiger partial charge in [-0.1, -0.05) is 0 Å². The van der Waals surface area contributed by atoms with Gasteiger partial charge in [-0.25, -0.2) is 4.98 Å². The maximum atomic E-state index is 6.01. The molecule has 3 aromatic rings. The van der Waals surface area contributed by atoms with Gasteiger partial charge in [-0.05, 0) is 19.9 Å². The standard InChI is InChI=1S/C11H14N6/c1-5(2)17-10-7(6(12)3-4-14-10)8-9(13)15-16-11(8)17/h3-5H,1-2H3,(H2,12,14)(H3,13,15,16). The number of anilines is 2. The Labute approximate surface area is 97.6 Å². The van der Waals surface area contributed by atoms with E-state index in [0.29, 0.717) is 11.5 Å². The van der Waals surface area contributed by atoms with Crippen LogP contribution in [0.2, 0.25) is 0 Å². The van der Waals surface area contributed by atoms with Crippen LogP contribution in [0.15, 0.2) is 12.3 Å². The Kier molecular flexibility index (Phi) is 1.83. The van der Waals surface area contributed by atoms with Crippen LogP contribution in [-0.4, -0.2) is 19.7 Å². The van der Waals surface area contributed by atoms with Crippen LogP contribution < -0.4 is 11.5 Å². The van der Waals surface area contributed by atoms with Crippen LogP contribution in [0.4, 0.5) is 11.5 Å². The molecule has 88 valence electrons. The Morgan fingerprint density at radius 1 is 1.24 bits per heavy atom. The molecule has 6 nitrogen and oxygen atoms in total. The molecule has 0 aliphatic heterocycles. The lowest BCUT2D eigenvalue weighted by atomic mass is 10.2. The van der Waals surface area contributed by atoms with Crippen molar-refractivity contribution < 1.29 is 0 Å². The third kappa shape index (κ3) is 1.15. The van der Waals surface area contributed by atoms with Crippen LogP contribution >= 0.6 is 0 Å². The molecule has 0 aliphatic rings. The van der Waals surface area contributed by atoms with Gasteiger partial charge in [0.15, 0.2) is 5.65 Å². The SMILES string of the molecule is CC(C)n1c2nccc(N)c2c2c(N)[nH]nc21. The van der Waals surface area contributed by atoms with Crippen molar-refractivity contribution in [2.75, 3.05) is 11.5 Å². The van der Waals surface area contributed by atoms with Crippen molar-refractivity contribution in [3.8, 4) is 0 Å². The van der Waals surface area contributed by atoms with E-state index in [-0.39, 0.29) is 6.04 Å². The number of aromatic amines is 1. The van der Waals surface area contributed by atoms with Crippen molar-refractivity contribution in [3.63, 3.8) is 0 Å². The quantitative estimate of drug-likeness (QED) is 0.592. The summed E-state index contributed by atoms with van der Waals surface area (Å²) < 4.78 is 2.04. The molecule has 0 radical (unpaired) electrons. The molecule has 5 N–H and O–H groups in total. The topological polar surface area (TPSA) is 98.5 Å². The molecule has 0 atom stereocenters. The minimum absolute atomic E-state index is 0.243. The lowest BCUT2D eigenvalue weighted by molar-refractivity contribution is 0.631. The maximum absolute atomic E-state index is 6.01. The van der Waals surface area contributed by atoms with Crippen LogP contribution in [0.25, 0.3) is 22.1 Å². The fourth-order valence-electron chi connectivity index (χ4n) is 2.26. The molecule has 6 heteroatoms. The lowest BCUT2D eigenvalue weighted by Gasteiger charge is -2.08. The van der Waals surface area contributed by atoms with Crippen LogP contribution in [0.3, 0.4) is 0 Å². The molecule has 0 fully saturated rings. The summed E-state index contributed by atoms with van der Waals surface area (Å²) in [6.45, 7) is 4.16. The summed E-state index contributed by atoms with van der Waals surface area (Å²) in [4.78, 5) is 4.39. The second kappa shape index (κ2) is 3.13. The third-order valence-corrected chi connectivity index (χ3v) is 2.96. The molecule has 0 unspecified atom stereocenters. The van der Waals surface area contributed by atoms with E-state index in [1.165, 1.54) is 0 Å². The van der Waals surface area contributed by atoms with Crippen LogP contribution in [0.1, 0.15) is 19.9 Å². The van der Waals surface area contributed by atoms with E-state index >= 15 is 0 Å². The first kappa shape index (κ1) is 9.95. The minimum Gasteiger partial charge on any atom is -0.398 e. The number of H-pyrrole nitrogens is 1. The van der Waals surface area contributed by atoms with E-state index in [2.05, 4.69) is 29.0 Å². The van der Waals surface area contributed by atoms with Crippen molar-refractivity contribution in [1.82, 2.24) is 19.7 Å². The summed E-state index contributed by atoms with van der Waals surface area (Å²) in [5.41, 5.74) is 14.2. The number of hydrogen-bond donors (Lipinski definition) is 3. The first-order valence-corrected chi connectivity index (χ1v) is 5.49. The summed E-state index contributed by atoms with van der Waals surface area (Å²) in [5.74, 6) is 0.532. The molecular formula is C11H14N6. The van der Waals surface area contributed by atoms with Gasteiger partial charge in [0.1, 0.15) is 11.5 Å². The van der Waals surface area contributed by atoms with Gasteiger partial charge in [0, 0.05) is 17.9 Å². The molecule has 0 bridgehead atoms. The first-order valence-electron chi connectivity index (χ1n) is 5.49. The predicted molar refractivity (Wildman–Crippen MR) is 68.6 cm³/mol. The van der Waals surface area contributed by atoms with Gasteiger partial charge in [-0.2, -0.15) is 5.10 Å². The summed E-state index contributed by atoms with van der Waals surface area (Å²) in [6, 6.07) is 2.02. The molecule has 0 aliphatic carbocycles. The Morgan fingerprint density at radius 3 is 2.71 bits per heavy atom. The molecule has 3 heterocycles. The van der Waals surface area contributed by atoms with Crippen LogP contribution in [-0.2, 0) is 0 Å². The maximum Gasteiger partial charge on any atom is 0.166 e. The van der Waals surface area contributed by atoms with Crippen LogP contribution in [0.5, 0.6) is 0 Å². The predicted octanol–water partition coefficient (Wildman–Crippen LogP) is 1.66. The van der Waals surface area contributed by atoms with Crippen LogP contribution in [0, 0.1) is 0 Å². The summed E-state index contributed by atoms with van der Waals surface area (Å²) >= 11 is 0. The number of nitrogens with zero attached hydrogens (tertiary/aromatic N) is 3. The molecule has 0 saturated heterocycles. The second-order valence-corrected chi connectivity index (χ2v) is 4.40. The third-order valence-electron chi connectivity index (χ3n) is 2.96. The van der Waals surface area contributed by atoms with Gasteiger partial charge in [-0.15, -0.1) is 0 Å². The van der Waals surface area contributed by atoms with Gasteiger partial charge in [0.25, 0.3) is 0 Å². The molecule has 0 saturated carbocycles. The molecular weight excluding hydrogens is 216 g/mol. The van der Waals surface area contributed by atoms with Crippen molar-refractivity contribution in [3.05, 3.63) is 12.3 Å². The smallest absolute Gasteiger partial charge is 0.166 e. The van der Waals surface area contributed by atoms with Gasteiger partial charge in [0.05, 0.1) is 10.8 Å². The molecule has 3 aromatic heterocycles. The van der Waals surface area contributed by atoms with Gasteiger partial charge >= 0.3 is 0 Å². The fraction of sp³-hybridized carbons (Fsp3) is 0.273.